The highest BCUT2D eigenvalue weighted by Crippen LogP contribution is 2.41. The molecule has 0 saturated carbocycles. The summed E-state index contributed by atoms with van der Waals surface area (Å²) in [5.41, 5.74) is 5.05. The van der Waals surface area contributed by atoms with Crippen LogP contribution in [0, 0.1) is 11.3 Å². The van der Waals surface area contributed by atoms with Crippen LogP contribution in [0.2, 0.25) is 5.02 Å². The van der Waals surface area contributed by atoms with E-state index < -0.39 is 0 Å². The molecule has 0 amide bonds. The van der Waals surface area contributed by atoms with Crippen molar-refractivity contribution in [3.63, 3.8) is 0 Å². The molecule has 136 valence electrons. The van der Waals surface area contributed by atoms with Gasteiger partial charge in [0.25, 0.3) is 0 Å². The molecule has 1 heterocycles. The van der Waals surface area contributed by atoms with Crippen LogP contribution in [0.15, 0.2) is 36.4 Å². The number of hydrogen-bond acceptors (Lipinski definition) is 2. The van der Waals surface area contributed by atoms with Gasteiger partial charge in [0.15, 0.2) is 0 Å². The third-order valence-corrected chi connectivity index (χ3v) is 5.86. The number of rotatable bonds is 4. The molecule has 26 heavy (non-hydrogen) atoms. The summed E-state index contributed by atoms with van der Waals surface area (Å²) in [6.45, 7) is 9.55. The summed E-state index contributed by atoms with van der Waals surface area (Å²) < 4.78 is 0. The Morgan fingerprint density at radius 3 is 2.23 bits per heavy atom. The Morgan fingerprint density at radius 1 is 1.04 bits per heavy atom. The molecule has 1 atom stereocenters. The van der Waals surface area contributed by atoms with Crippen molar-refractivity contribution >= 4 is 11.6 Å². The minimum absolute atomic E-state index is 0.226. The lowest BCUT2D eigenvalue weighted by Gasteiger charge is -2.32. The SMILES string of the molecule is CC(C)c1ccc(C2(c3cc(Cl)c(C(C)C)c(C#N)c3)CCCN2)cc1. The molecule has 0 spiro atoms. The lowest BCUT2D eigenvalue weighted by molar-refractivity contribution is 0.475. The van der Waals surface area contributed by atoms with Crippen molar-refractivity contribution in [3.05, 3.63) is 69.2 Å². The molecule has 0 aliphatic carbocycles. The second kappa shape index (κ2) is 7.43. The zero-order valence-electron chi connectivity index (χ0n) is 16.1. The number of hydrogen-bond donors (Lipinski definition) is 1. The van der Waals surface area contributed by atoms with E-state index in [-0.39, 0.29) is 11.5 Å². The maximum atomic E-state index is 9.68. The summed E-state index contributed by atoms with van der Waals surface area (Å²) in [5.74, 6) is 0.741. The molecule has 1 saturated heterocycles. The normalized spacial score (nSPS) is 19.9. The fourth-order valence-electron chi connectivity index (χ4n) is 4.10. The summed E-state index contributed by atoms with van der Waals surface area (Å²) in [6.07, 6.45) is 2.12. The minimum Gasteiger partial charge on any atom is -0.304 e. The van der Waals surface area contributed by atoms with Crippen LogP contribution in [0.5, 0.6) is 0 Å². The highest BCUT2D eigenvalue weighted by molar-refractivity contribution is 6.31. The number of nitrogens with zero attached hydrogens (tertiary/aromatic N) is 1. The predicted molar refractivity (Wildman–Crippen MR) is 109 cm³/mol. The van der Waals surface area contributed by atoms with Crippen LogP contribution in [-0.4, -0.2) is 6.54 Å². The maximum Gasteiger partial charge on any atom is 0.0995 e. The second-order valence-electron chi connectivity index (χ2n) is 7.90. The van der Waals surface area contributed by atoms with Gasteiger partial charge in [0, 0.05) is 5.02 Å². The monoisotopic (exact) mass is 366 g/mol. The Labute approximate surface area is 162 Å². The fourth-order valence-corrected chi connectivity index (χ4v) is 4.54. The molecule has 1 fully saturated rings. The van der Waals surface area contributed by atoms with Crippen molar-refractivity contribution in [3.8, 4) is 6.07 Å². The lowest BCUT2D eigenvalue weighted by atomic mass is 9.79. The quantitative estimate of drug-likeness (QED) is 0.711. The molecule has 1 aliphatic heterocycles. The van der Waals surface area contributed by atoms with Crippen LogP contribution in [0.4, 0.5) is 0 Å². The van der Waals surface area contributed by atoms with Gasteiger partial charge in [-0.15, -0.1) is 0 Å². The molecule has 2 aromatic rings. The van der Waals surface area contributed by atoms with Gasteiger partial charge in [0.05, 0.1) is 17.2 Å². The van der Waals surface area contributed by atoms with E-state index >= 15 is 0 Å². The molecular weight excluding hydrogens is 340 g/mol. The molecule has 1 N–H and O–H groups in total. The van der Waals surface area contributed by atoms with Crippen LogP contribution in [-0.2, 0) is 5.54 Å². The second-order valence-corrected chi connectivity index (χ2v) is 8.31. The highest BCUT2D eigenvalue weighted by Gasteiger charge is 2.38. The Kier molecular flexibility index (Phi) is 5.42. The zero-order chi connectivity index (χ0) is 18.9. The van der Waals surface area contributed by atoms with Gasteiger partial charge in [0.1, 0.15) is 0 Å². The number of nitriles is 1. The summed E-state index contributed by atoms with van der Waals surface area (Å²) in [6, 6.07) is 15.4. The van der Waals surface area contributed by atoms with Gasteiger partial charge >= 0.3 is 0 Å². The summed E-state index contributed by atoms with van der Waals surface area (Å²) in [4.78, 5) is 0. The molecule has 1 unspecified atom stereocenters. The first-order chi connectivity index (χ1) is 12.4. The van der Waals surface area contributed by atoms with Gasteiger partial charge in [0.2, 0.25) is 0 Å². The van der Waals surface area contributed by atoms with Crippen LogP contribution in [0.1, 0.15) is 80.2 Å². The first-order valence-corrected chi connectivity index (χ1v) is 9.86. The van der Waals surface area contributed by atoms with Crippen LogP contribution in [0.3, 0.4) is 0 Å². The van der Waals surface area contributed by atoms with E-state index in [1.165, 1.54) is 11.1 Å². The molecule has 3 heteroatoms. The molecule has 2 aromatic carbocycles. The van der Waals surface area contributed by atoms with Crippen molar-refractivity contribution < 1.29 is 0 Å². The molecule has 2 nitrogen and oxygen atoms in total. The largest absolute Gasteiger partial charge is 0.304 e. The molecular formula is C23H27ClN2. The molecule has 0 bridgehead atoms. The van der Waals surface area contributed by atoms with E-state index in [2.05, 4.69) is 69.4 Å². The average molecular weight is 367 g/mol. The number of nitrogens with one attached hydrogen (secondary N) is 1. The number of halogens is 1. The standard InChI is InChI=1S/C23H27ClN2/c1-15(2)17-6-8-19(9-7-17)23(10-5-11-26-23)20-12-18(14-25)22(16(3)4)21(24)13-20/h6-9,12-13,15-16,26H,5,10-11H2,1-4H3. The summed E-state index contributed by atoms with van der Waals surface area (Å²) in [7, 11) is 0. The Morgan fingerprint density at radius 2 is 1.73 bits per heavy atom. The van der Waals surface area contributed by atoms with Crippen LogP contribution in [0.25, 0.3) is 0 Å². The van der Waals surface area contributed by atoms with Crippen molar-refractivity contribution in [2.45, 2.75) is 57.9 Å². The molecule has 0 radical (unpaired) electrons. The van der Waals surface area contributed by atoms with Gasteiger partial charge in [-0.1, -0.05) is 63.6 Å². The fraction of sp³-hybridized carbons (Fsp3) is 0.435. The Bertz CT molecular complexity index is 823. The Balaban J connectivity index is 2.14. The third kappa shape index (κ3) is 3.27. The molecule has 3 rings (SSSR count). The van der Waals surface area contributed by atoms with Crippen molar-refractivity contribution in [1.29, 1.82) is 5.26 Å². The van der Waals surface area contributed by atoms with E-state index in [1.54, 1.807) is 0 Å². The van der Waals surface area contributed by atoms with Crippen LogP contribution >= 0.6 is 11.6 Å². The van der Waals surface area contributed by atoms with Crippen molar-refractivity contribution in [1.82, 2.24) is 5.32 Å². The summed E-state index contributed by atoms with van der Waals surface area (Å²) in [5, 5.41) is 14.1. The predicted octanol–water partition coefficient (Wildman–Crippen LogP) is 6.09. The number of benzene rings is 2. The van der Waals surface area contributed by atoms with E-state index in [0.29, 0.717) is 16.5 Å². The lowest BCUT2D eigenvalue weighted by Crippen LogP contribution is -2.38. The van der Waals surface area contributed by atoms with E-state index in [1.807, 2.05) is 6.07 Å². The molecule has 1 aliphatic rings. The van der Waals surface area contributed by atoms with E-state index in [0.717, 1.165) is 30.5 Å². The van der Waals surface area contributed by atoms with E-state index in [9.17, 15) is 5.26 Å². The van der Waals surface area contributed by atoms with Gasteiger partial charge in [-0.3, -0.25) is 0 Å². The van der Waals surface area contributed by atoms with Gasteiger partial charge in [-0.25, -0.2) is 0 Å². The first kappa shape index (κ1) is 19.0. The summed E-state index contributed by atoms with van der Waals surface area (Å²) >= 11 is 6.62. The smallest absolute Gasteiger partial charge is 0.0995 e. The minimum atomic E-state index is -0.264. The Hall–Kier alpha value is -1.82. The molecule has 0 aromatic heterocycles. The van der Waals surface area contributed by atoms with Gasteiger partial charge < -0.3 is 5.32 Å². The zero-order valence-corrected chi connectivity index (χ0v) is 16.8. The van der Waals surface area contributed by atoms with Crippen LogP contribution < -0.4 is 5.32 Å². The maximum absolute atomic E-state index is 9.68. The van der Waals surface area contributed by atoms with Crippen molar-refractivity contribution in [2.75, 3.05) is 6.54 Å². The van der Waals surface area contributed by atoms with Gasteiger partial charge in [-0.2, -0.15) is 5.26 Å². The average Bonchev–Trinajstić information content (AvgIpc) is 3.11. The van der Waals surface area contributed by atoms with E-state index in [4.69, 9.17) is 11.6 Å². The highest BCUT2D eigenvalue weighted by atomic mass is 35.5. The topological polar surface area (TPSA) is 35.8 Å². The third-order valence-electron chi connectivity index (χ3n) is 5.55. The first-order valence-electron chi connectivity index (χ1n) is 9.48. The van der Waals surface area contributed by atoms with Crippen molar-refractivity contribution in [2.24, 2.45) is 0 Å². The van der Waals surface area contributed by atoms with Gasteiger partial charge in [-0.05, 0) is 65.6 Å².